The topological polar surface area (TPSA) is 92.2 Å². The third kappa shape index (κ3) is 6.64. The summed E-state index contributed by atoms with van der Waals surface area (Å²) in [5.74, 6) is -2.27. The minimum absolute atomic E-state index is 0.00192. The average molecular weight is 433 g/mol. The number of carbonyl (C=O) groups excluding carboxylic acids is 1. The summed E-state index contributed by atoms with van der Waals surface area (Å²) in [6, 6.07) is 4.08. The molecule has 1 amide bonds. The second-order valence-electron chi connectivity index (χ2n) is 7.69. The zero-order chi connectivity index (χ0) is 22.4. The van der Waals surface area contributed by atoms with E-state index >= 15 is 0 Å². The van der Waals surface area contributed by atoms with Crippen LogP contribution in [-0.2, 0) is 25.6 Å². The molecule has 0 bridgehead atoms. The fourth-order valence-electron chi connectivity index (χ4n) is 3.49. The van der Waals surface area contributed by atoms with E-state index in [9.17, 15) is 18.0 Å². The van der Waals surface area contributed by atoms with Crippen LogP contribution >= 0.6 is 0 Å². The number of rotatable bonds is 6. The van der Waals surface area contributed by atoms with E-state index in [-0.39, 0.29) is 17.9 Å². The van der Waals surface area contributed by atoms with Gasteiger partial charge in [-0.2, -0.15) is 13.2 Å². The van der Waals surface area contributed by atoms with Gasteiger partial charge in [0.15, 0.2) is 0 Å². The molecule has 0 spiro atoms. The third-order valence-electron chi connectivity index (χ3n) is 5.08. The van der Waals surface area contributed by atoms with Gasteiger partial charge in [0.1, 0.15) is 6.61 Å². The van der Waals surface area contributed by atoms with Crippen LogP contribution in [0.5, 0.6) is 0 Å². The highest BCUT2D eigenvalue weighted by Crippen LogP contribution is 2.42. The van der Waals surface area contributed by atoms with E-state index in [1.165, 1.54) is 5.56 Å². The summed E-state index contributed by atoms with van der Waals surface area (Å²) in [6.07, 6.45) is -1.36. The summed E-state index contributed by atoms with van der Waals surface area (Å²) >= 11 is 0. The van der Waals surface area contributed by atoms with Crippen LogP contribution in [0.4, 0.5) is 13.2 Å². The van der Waals surface area contributed by atoms with Crippen molar-refractivity contribution in [1.82, 2.24) is 14.8 Å². The van der Waals surface area contributed by atoms with Crippen molar-refractivity contribution in [1.29, 1.82) is 0 Å². The van der Waals surface area contributed by atoms with Crippen LogP contribution in [0, 0.1) is 11.3 Å². The number of carbonyl (C=O) groups is 2. The Bertz CT molecular complexity index is 717. The van der Waals surface area contributed by atoms with Crippen molar-refractivity contribution >= 4 is 11.9 Å². The number of ether oxygens (including phenoxy) is 2. The maximum absolute atomic E-state index is 11.7. The van der Waals surface area contributed by atoms with Crippen LogP contribution in [0.3, 0.4) is 0 Å². The van der Waals surface area contributed by atoms with Gasteiger partial charge in [-0.1, -0.05) is 6.07 Å². The van der Waals surface area contributed by atoms with Gasteiger partial charge in [-0.15, -0.1) is 0 Å². The first-order valence-corrected chi connectivity index (χ1v) is 9.30. The predicted octanol–water partition coefficient (Wildman–Crippen LogP) is 1.27. The van der Waals surface area contributed by atoms with Crippen LogP contribution in [-0.4, -0.2) is 91.6 Å². The zero-order valence-corrected chi connectivity index (χ0v) is 16.9. The summed E-state index contributed by atoms with van der Waals surface area (Å²) in [7, 11) is 3.49. The molecule has 2 aliphatic heterocycles. The average Bonchev–Trinajstić information content (AvgIpc) is 3.18. The standard InChI is InChI=1S/C17H25N3O3.C2HF3O2/c1-19(2)16(21)10-23-13-17-11-20(8-15(17)9-22-12-17)7-14-4-3-5-18-6-14;3-2(4,5)1(6)7/h3-6,15H,7-13H2,1-2H3;(H,6,7)/t15-,17+;/m1./s1. The first kappa shape index (κ1) is 24.0. The second-order valence-corrected chi connectivity index (χ2v) is 7.69. The fourth-order valence-corrected chi connectivity index (χ4v) is 3.49. The second kappa shape index (κ2) is 10.2. The molecule has 1 N–H and O–H groups in total. The number of halogens is 3. The highest BCUT2D eigenvalue weighted by molar-refractivity contribution is 5.76. The van der Waals surface area contributed by atoms with E-state index in [1.807, 2.05) is 12.3 Å². The maximum atomic E-state index is 11.7. The lowest BCUT2D eigenvalue weighted by molar-refractivity contribution is -0.192. The van der Waals surface area contributed by atoms with Crippen LogP contribution in [0.25, 0.3) is 0 Å². The number of hydrogen-bond donors (Lipinski definition) is 1. The Labute approximate surface area is 172 Å². The summed E-state index contributed by atoms with van der Waals surface area (Å²) in [4.78, 5) is 28.7. The van der Waals surface area contributed by atoms with Gasteiger partial charge >= 0.3 is 12.1 Å². The Hall–Kier alpha value is -2.24. The number of likely N-dealkylation sites (N-methyl/N-ethyl adjacent to an activating group) is 1. The summed E-state index contributed by atoms with van der Waals surface area (Å²) < 4.78 is 43.2. The number of nitrogens with zero attached hydrogens (tertiary/aromatic N) is 3. The Balaban J connectivity index is 0.000000396. The van der Waals surface area contributed by atoms with Gasteiger partial charge in [0, 0.05) is 57.5 Å². The molecular weight excluding hydrogens is 407 g/mol. The van der Waals surface area contributed by atoms with Crippen molar-refractivity contribution in [3.05, 3.63) is 30.1 Å². The number of carboxylic acid groups (broad SMARTS) is 1. The molecule has 0 radical (unpaired) electrons. The lowest BCUT2D eigenvalue weighted by Gasteiger charge is -2.27. The van der Waals surface area contributed by atoms with Crippen molar-refractivity contribution < 1.29 is 37.3 Å². The van der Waals surface area contributed by atoms with Gasteiger partial charge in [-0.25, -0.2) is 4.79 Å². The predicted molar refractivity (Wildman–Crippen MR) is 99.5 cm³/mol. The van der Waals surface area contributed by atoms with E-state index < -0.39 is 12.1 Å². The number of alkyl halides is 3. The molecule has 1 aromatic heterocycles. The van der Waals surface area contributed by atoms with Gasteiger partial charge in [0.2, 0.25) is 5.91 Å². The quantitative estimate of drug-likeness (QED) is 0.722. The summed E-state index contributed by atoms with van der Waals surface area (Å²) in [5.41, 5.74) is 1.25. The molecular formula is C19H26F3N3O5. The number of fused-ring (bicyclic) bond motifs is 1. The van der Waals surface area contributed by atoms with Gasteiger partial charge in [-0.05, 0) is 11.6 Å². The van der Waals surface area contributed by atoms with E-state index in [0.717, 1.165) is 32.8 Å². The molecule has 0 saturated carbocycles. The Morgan fingerprint density at radius 3 is 2.70 bits per heavy atom. The van der Waals surface area contributed by atoms with Gasteiger partial charge in [-0.3, -0.25) is 14.7 Å². The molecule has 2 saturated heterocycles. The third-order valence-corrected chi connectivity index (χ3v) is 5.08. The van der Waals surface area contributed by atoms with Crippen molar-refractivity contribution in [2.75, 3.05) is 53.6 Å². The van der Waals surface area contributed by atoms with E-state index in [4.69, 9.17) is 19.4 Å². The lowest BCUT2D eigenvalue weighted by atomic mass is 9.82. The monoisotopic (exact) mass is 433 g/mol. The van der Waals surface area contributed by atoms with E-state index in [0.29, 0.717) is 12.5 Å². The van der Waals surface area contributed by atoms with Crippen molar-refractivity contribution in [3.8, 4) is 0 Å². The van der Waals surface area contributed by atoms with E-state index in [1.54, 1.807) is 25.2 Å². The number of aliphatic carboxylic acids is 1. The molecule has 8 nitrogen and oxygen atoms in total. The maximum Gasteiger partial charge on any atom is 0.490 e. The SMILES string of the molecule is CN(C)C(=O)COC[C@]12COC[C@H]1CN(Cc1cccnc1)C2.O=C(O)C(F)(F)F. The molecule has 2 atom stereocenters. The Morgan fingerprint density at radius 2 is 2.13 bits per heavy atom. The molecule has 1 aromatic rings. The van der Waals surface area contributed by atoms with E-state index in [2.05, 4.69) is 16.0 Å². The van der Waals surface area contributed by atoms with Gasteiger partial charge < -0.3 is 19.5 Å². The lowest BCUT2D eigenvalue weighted by Crippen LogP contribution is -2.37. The van der Waals surface area contributed by atoms with Crippen LogP contribution in [0.1, 0.15) is 5.56 Å². The minimum atomic E-state index is -5.08. The smallest absolute Gasteiger partial charge is 0.475 e. The first-order chi connectivity index (χ1) is 14.0. The molecule has 2 aliphatic rings. The first-order valence-electron chi connectivity index (χ1n) is 9.30. The summed E-state index contributed by atoms with van der Waals surface area (Å²) in [6.45, 7) is 5.10. The van der Waals surface area contributed by atoms with Gasteiger partial charge in [0.25, 0.3) is 0 Å². The number of likely N-dealkylation sites (tertiary alicyclic amines) is 1. The number of carboxylic acids is 1. The van der Waals surface area contributed by atoms with Gasteiger partial charge in [0.05, 0.1) is 19.8 Å². The summed E-state index contributed by atoms with van der Waals surface area (Å²) in [5, 5.41) is 7.12. The Morgan fingerprint density at radius 1 is 1.43 bits per heavy atom. The molecule has 11 heteroatoms. The number of aromatic nitrogens is 1. The number of amides is 1. The zero-order valence-electron chi connectivity index (χ0n) is 16.9. The molecule has 0 unspecified atom stereocenters. The minimum Gasteiger partial charge on any atom is -0.475 e. The number of pyridine rings is 1. The molecule has 2 fully saturated rings. The highest BCUT2D eigenvalue weighted by Gasteiger charge is 2.50. The molecule has 3 heterocycles. The van der Waals surface area contributed by atoms with Crippen LogP contribution < -0.4 is 0 Å². The molecule has 3 rings (SSSR count). The van der Waals surface area contributed by atoms with Crippen LogP contribution in [0.2, 0.25) is 0 Å². The van der Waals surface area contributed by atoms with Crippen molar-refractivity contribution in [2.45, 2.75) is 12.7 Å². The Kier molecular flexibility index (Phi) is 8.16. The van der Waals surface area contributed by atoms with Crippen molar-refractivity contribution in [3.63, 3.8) is 0 Å². The molecule has 0 aromatic carbocycles. The number of hydrogen-bond acceptors (Lipinski definition) is 6. The largest absolute Gasteiger partial charge is 0.490 e. The molecule has 0 aliphatic carbocycles. The normalized spacial score (nSPS) is 23.4. The molecule has 168 valence electrons. The highest BCUT2D eigenvalue weighted by atomic mass is 19.4. The molecule has 30 heavy (non-hydrogen) atoms. The fraction of sp³-hybridized carbons (Fsp3) is 0.632. The van der Waals surface area contributed by atoms with Crippen LogP contribution in [0.15, 0.2) is 24.5 Å². The van der Waals surface area contributed by atoms with Crippen molar-refractivity contribution in [2.24, 2.45) is 11.3 Å².